The fraction of sp³-hybridized carbons (Fsp3) is 0.412. The van der Waals surface area contributed by atoms with E-state index in [-0.39, 0.29) is 5.41 Å². The molecule has 0 saturated carbocycles. The number of fused-ring (bicyclic) bond motifs is 1. The predicted molar refractivity (Wildman–Crippen MR) is 84.7 cm³/mol. The second kappa shape index (κ2) is 5.62. The van der Waals surface area contributed by atoms with Gasteiger partial charge in [-0.25, -0.2) is 0 Å². The van der Waals surface area contributed by atoms with Crippen LogP contribution in [0.2, 0.25) is 0 Å². The predicted octanol–water partition coefficient (Wildman–Crippen LogP) is 3.65. The van der Waals surface area contributed by atoms with Gasteiger partial charge in [-0.2, -0.15) is 0 Å². The normalized spacial score (nSPS) is 11.8. The number of benzene rings is 2. The van der Waals surface area contributed by atoms with Crippen molar-refractivity contribution in [1.29, 1.82) is 0 Å². The molecule has 19 heavy (non-hydrogen) atoms. The summed E-state index contributed by atoms with van der Waals surface area (Å²) < 4.78 is 0. The van der Waals surface area contributed by atoms with Crippen LogP contribution in [0.3, 0.4) is 0 Å². The van der Waals surface area contributed by atoms with E-state index in [0.29, 0.717) is 0 Å². The molecule has 0 amide bonds. The first-order valence-corrected chi connectivity index (χ1v) is 6.92. The zero-order valence-electron chi connectivity index (χ0n) is 12.2. The summed E-state index contributed by atoms with van der Waals surface area (Å²) in [7, 11) is 2.15. The highest BCUT2D eigenvalue weighted by atomic mass is 15.1. The third-order valence-corrected chi connectivity index (χ3v) is 3.85. The van der Waals surface area contributed by atoms with E-state index in [1.807, 2.05) is 0 Å². The Hall–Kier alpha value is -1.54. The Bertz CT molecular complexity index is 546. The van der Waals surface area contributed by atoms with Gasteiger partial charge in [0.05, 0.1) is 0 Å². The Morgan fingerprint density at radius 2 is 1.74 bits per heavy atom. The number of hydrogen-bond donors (Lipinski definition) is 1. The third kappa shape index (κ3) is 3.48. The zero-order valence-corrected chi connectivity index (χ0v) is 12.2. The topological polar surface area (TPSA) is 29.3 Å². The van der Waals surface area contributed by atoms with E-state index in [0.717, 1.165) is 19.5 Å². The van der Waals surface area contributed by atoms with Crippen LogP contribution in [-0.2, 0) is 0 Å². The first-order chi connectivity index (χ1) is 9.02. The number of hydrogen-bond acceptors (Lipinski definition) is 2. The molecular weight excluding hydrogens is 232 g/mol. The molecular formula is C17H24N2. The van der Waals surface area contributed by atoms with E-state index < -0.39 is 0 Å². The Morgan fingerprint density at radius 1 is 1.05 bits per heavy atom. The van der Waals surface area contributed by atoms with Crippen LogP contribution in [0.1, 0.15) is 20.3 Å². The molecule has 2 rings (SSSR count). The van der Waals surface area contributed by atoms with Crippen LogP contribution in [-0.4, -0.2) is 20.1 Å². The molecule has 0 aromatic heterocycles. The van der Waals surface area contributed by atoms with Gasteiger partial charge < -0.3 is 10.6 Å². The molecule has 2 aromatic carbocycles. The number of nitrogens with zero attached hydrogens (tertiary/aromatic N) is 1. The number of anilines is 1. The average Bonchev–Trinajstić information content (AvgIpc) is 2.44. The van der Waals surface area contributed by atoms with Crippen molar-refractivity contribution in [2.24, 2.45) is 11.1 Å². The van der Waals surface area contributed by atoms with Gasteiger partial charge in [-0.05, 0) is 41.3 Å². The summed E-state index contributed by atoms with van der Waals surface area (Å²) in [4.78, 5) is 2.31. The minimum Gasteiger partial charge on any atom is -0.375 e. The fourth-order valence-electron chi connectivity index (χ4n) is 2.12. The van der Waals surface area contributed by atoms with Crippen LogP contribution in [0.25, 0.3) is 10.8 Å². The van der Waals surface area contributed by atoms with E-state index in [4.69, 9.17) is 5.73 Å². The smallest absolute Gasteiger partial charge is 0.0370 e. The van der Waals surface area contributed by atoms with Gasteiger partial charge >= 0.3 is 0 Å². The summed E-state index contributed by atoms with van der Waals surface area (Å²) in [5, 5.41) is 2.59. The molecule has 0 aliphatic heterocycles. The first kappa shape index (κ1) is 13.9. The van der Waals surface area contributed by atoms with Crippen molar-refractivity contribution < 1.29 is 0 Å². The SMILES string of the molecule is CN(CCC(C)(C)CN)c1ccc2ccccc2c1. The van der Waals surface area contributed by atoms with Gasteiger partial charge in [-0.1, -0.05) is 44.2 Å². The monoisotopic (exact) mass is 256 g/mol. The lowest BCUT2D eigenvalue weighted by atomic mass is 9.89. The Labute approximate surface area is 116 Å². The van der Waals surface area contributed by atoms with Crippen LogP contribution in [0, 0.1) is 5.41 Å². The van der Waals surface area contributed by atoms with Crippen LogP contribution < -0.4 is 10.6 Å². The molecule has 102 valence electrons. The summed E-state index contributed by atoms with van der Waals surface area (Å²) in [5.74, 6) is 0. The highest BCUT2D eigenvalue weighted by Crippen LogP contribution is 2.24. The first-order valence-electron chi connectivity index (χ1n) is 6.92. The maximum atomic E-state index is 5.79. The summed E-state index contributed by atoms with van der Waals surface area (Å²) in [6.45, 7) is 6.21. The van der Waals surface area contributed by atoms with Crippen molar-refractivity contribution in [2.45, 2.75) is 20.3 Å². The molecule has 2 N–H and O–H groups in total. The average molecular weight is 256 g/mol. The molecule has 0 aliphatic carbocycles. The molecule has 0 fully saturated rings. The van der Waals surface area contributed by atoms with E-state index in [2.05, 4.69) is 68.3 Å². The summed E-state index contributed by atoms with van der Waals surface area (Å²) >= 11 is 0. The standard InChI is InChI=1S/C17H24N2/c1-17(2,13-18)10-11-19(3)16-9-8-14-6-4-5-7-15(14)12-16/h4-9,12H,10-11,13,18H2,1-3H3. The molecule has 0 aliphatic rings. The lowest BCUT2D eigenvalue weighted by Crippen LogP contribution is -2.29. The maximum absolute atomic E-state index is 5.79. The van der Waals surface area contributed by atoms with Gasteiger partial charge in [-0.15, -0.1) is 0 Å². The maximum Gasteiger partial charge on any atom is 0.0370 e. The largest absolute Gasteiger partial charge is 0.375 e. The molecule has 0 unspecified atom stereocenters. The molecule has 0 spiro atoms. The van der Waals surface area contributed by atoms with Crippen molar-refractivity contribution in [3.05, 3.63) is 42.5 Å². The summed E-state index contributed by atoms with van der Waals surface area (Å²) in [5.41, 5.74) is 7.27. The van der Waals surface area contributed by atoms with Crippen molar-refractivity contribution in [1.82, 2.24) is 0 Å². The van der Waals surface area contributed by atoms with Crippen LogP contribution in [0.15, 0.2) is 42.5 Å². The van der Waals surface area contributed by atoms with E-state index in [1.54, 1.807) is 0 Å². The van der Waals surface area contributed by atoms with Gasteiger partial charge in [-0.3, -0.25) is 0 Å². The summed E-state index contributed by atoms with van der Waals surface area (Å²) in [6.07, 6.45) is 1.10. The molecule has 0 heterocycles. The Morgan fingerprint density at radius 3 is 2.42 bits per heavy atom. The van der Waals surface area contributed by atoms with E-state index in [9.17, 15) is 0 Å². The van der Waals surface area contributed by atoms with Gasteiger partial charge in [0.25, 0.3) is 0 Å². The van der Waals surface area contributed by atoms with Crippen molar-refractivity contribution in [3.63, 3.8) is 0 Å². The molecule has 0 radical (unpaired) electrons. The number of nitrogens with two attached hydrogens (primary N) is 1. The minimum atomic E-state index is 0.213. The van der Waals surface area contributed by atoms with Crippen molar-refractivity contribution in [2.75, 3.05) is 25.0 Å². The Balaban J connectivity index is 2.11. The molecule has 0 bridgehead atoms. The summed E-state index contributed by atoms with van der Waals surface area (Å²) in [6, 6.07) is 15.1. The molecule has 2 heteroatoms. The van der Waals surface area contributed by atoms with Crippen LogP contribution >= 0.6 is 0 Å². The van der Waals surface area contributed by atoms with E-state index in [1.165, 1.54) is 16.5 Å². The van der Waals surface area contributed by atoms with E-state index >= 15 is 0 Å². The van der Waals surface area contributed by atoms with Crippen LogP contribution in [0.4, 0.5) is 5.69 Å². The van der Waals surface area contributed by atoms with Crippen molar-refractivity contribution in [3.8, 4) is 0 Å². The molecule has 2 aromatic rings. The zero-order chi connectivity index (χ0) is 13.9. The van der Waals surface area contributed by atoms with Gasteiger partial charge in [0.1, 0.15) is 0 Å². The lowest BCUT2D eigenvalue weighted by Gasteiger charge is -2.27. The highest BCUT2D eigenvalue weighted by molar-refractivity contribution is 5.85. The second-order valence-electron chi connectivity index (χ2n) is 6.07. The van der Waals surface area contributed by atoms with Crippen molar-refractivity contribution >= 4 is 16.5 Å². The van der Waals surface area contributed by atoms with Gasteiger partial charge in [0.15, 0.2) is 0 Å². The quantitative estimate of drug-likeness (QED) is 0.884. The highest BCUT2D eigenvalue weighted by Gasteiger charge is 2.16. The molecule has 0 atom stereocenters. The molecule has 2 nitrogen and oxygen atoms in total. The lowest BCUT2D eigenvalue weighted by molar-refractivity contribution is 0.351. The fourth-order valence-corrected chi connectivity index (χ4v) is 2.12. The van der Waals surface area contributed by atoms with Gasteiger partial charge in [0, 0.05) is 19.3 Å². The third-order valence-electron chi connectivity index (χ3n) is 3.85. The van der Waals surface area contributed by atoms with Gasteiger partial charge in [0.2, 0.25) is 0 Å². The Kier molecular flexibility index (Phi) is 4.11. The van der Waals surface area contributed by atoms with Crippen LogP contribution in [0.5, 0.6) is 0 Å². The molecule has 0 saturated heterocycles. The number of rotatable bonds is 5. The second-order valence-corrected chi connectivity index (χ2v) is 6.07. The minimum absolute atomic E-state index is 0.213.